The van der Waals surface area contributed by atoms with Gasteiger partial charge in [0, 0.05) is 5.56 Å². The van der Waals surface area contributed by atoms with Crippen LogP contribution >= 0.6 is 0 Å². The van der Waals surface area contributed by atoms with Crippen molar-refractivity contribution in [1.82, 2.24) is 5.59 Å². The molecule has 0 aromatic heterocycles. The molecule has 1 aromatic rings. The van der Waals surface area contributed by atoms with Crippen molar-refractivity contribution in [3.8, 4) is 0 Å². The van der Waals surface area contributed by atoms with Gasteiger partial charge in [-0.1, -0.05) is 23.8 Å². The lowest BCUT2D eigenvalue weighted by Gasteiger charge is -2.02. The number of hydrogen-bond acceptors (Lipinski definition) is 4. The minimum atomic E-state index is 0.00750. The van der Waals surface area contributed by atoms with Gasteiger partial charge in [0.05, 0.1) is 0 Å². The molecular weight excluding hydrogens is 142 g/mol. The predicted molar refractivity (Wildman–Crippen MR) is 41.7 cm³/mol. The van der Waals surface area contributed by atoms with Gasteiger partial charge >= 0.3 is 0 Å². The second-order valence-corrected chi connectivity index (χ2v) is 1.92. The van der Waals surface area contributed by atoms with E-state index in [4.69, 9.17) is 11.3 Å². The lowest BCUT2D eigenvalue weighted by molar-refractivity contribution is 0.183. The monoisotopic (exact) mass is 151 g/mol. The molecule has 4 heteroatoms. The maximum atomic E-state index is 7.26. The van der Waals surface area contributed by atoms with Crippen LogP contribution in [0.4, 0.5) is 0 Å². The highest BCUT2D eigenvalue weighted by Crippen LogP contribution is 1.98. The van der Waals surface area contributed by atoms with Crippen LogP contribution < -0.4 is 11.4 Å². The summed E-state index contributed by atoms with van der Waals surface area (Å²) in [5.41, 5.74) is 2.63. The fourth-order valence-electron chi connectivity index (χ4n) is 0.707. The fraction of sp³-hybridized carbons (Fsp3) is 0. The molecule has 0 spiro atoms. The fourth-order valence-corrected chi connectivity index (χ4v) is 0.707. The summed E-state index contributed by atoms with van der Waals surface area (Å²) >= 11 is 0. The lowest BCUT2D eigenvalue weighted by atomic mass is 10.2. The zero-order chi connectivity index (χ0) is 8.10. The number of hydrogen-bond donors (Lipinski definition) is 3. The normalized spacial score (nSPS) is 9.18. The summed E-state index contributed by atoms with van der Waals surface area (Å²) in [5.74, 6) is 4.86. The van der Waals surface area contributed by atoms with Crippen LogP contribution in [0, 0.1) is 5.41 Å². The van der Waals surface area contributed by atoms with Crippen LogP contribution in [0.25, 0.3) is 0 Å². The standard InChI is InChI=1S/C7H9N3O/c8-7(11-10-9)6-4-2-1-3-5-6/h1-5,8,10H,9H2. The van der Waals surface area contributed by atoms with E-state index >= 15 is 0 Å². The summed E-state index contributed by atoms with van der Waals surface area (Å²) in [6.45, 7) is 0. The van der Waals surface area contributed by atoms with Crippen LogP contribution in [0.1, 0.15) is 5.56 Å². The summed E-state index contributed by atoms with van der Waals surface area (Å²) in [7, 11) is 0. The molecule has 4 N–H and O–H groups in total. The summed E-state index contributed by atoms with van der Waals surface area (Å²) in [6.07, 6.45) is 0. The zero-order valence-electron chi connectivity index (χ0n) is 5.87. The molecule has 0 radical (unpaired) electrons. The van der Waals surface area contributed by atoms with Gasteiger partial charge in [-0.05, 0) is 12.1 Å². The first-order valence-corrected chi connectivity index (χ1v) is 3.11. The van der Waals surface area contributed by atoms with Crippen LogP contribution in [-0.2, 0) is 4.84 Å². The molecule has 0 aliphatic rings. The van der Waals surface area contributed by atoms with E-state index in [-0.39, 0.29) is 5.90 Å². The van der Waals surface area contributed by atoms with Gasteiger partial charge in [0.15, 0.2) is 0 Å². The third kappa shape index (κ3) is 2.03. The molecule has 0 heterocycles. The molecule has 11 heavy (non-hydrogen) atoms. The Morgan fingerprint density at radius 3 is 2.55 bits per heavy atom. The molecule has 0 aliphatic heterocycles. The Morgan fingerprint density at radius 1 is 1.36 bits per heavy atom. The van der Waals surface area contributed by atoms with E-state index in [9.17, 15) is 0 Å². The highest BCUT2D eigenvalue weighted by atomic mass is 16.7. The van der Waals surface area contributed by atoms with E-state index in [0.717, 1.165) is 0 Å². The predicted octanol–water partition coefficient (Wildman–Crippen LogP) is 0.407. The zero-order valence-corrected chi connectivity index (χ0v) is 5.87. The number of nitrogens with two attached hydrogens (primary N) is 1. The van der Waals surface area contributed by atoms with Gasteiger partial charge in [0.2, 0.25) is 5.90 Å². The Bertz CT molecular complexity index is 235. The molecule has 1 aromatic carbocycles. The Kier molecular flexibility index (Phi) is 2.59. The SMILES string of the molecule is N=C(ONN)c1ccccc1. The third-order valence-corrected chi connectivity index (χ3v) is 1.20. The number of rotatable bonds is 2. The Hall–Kier alpha value is -1.39. The molecule has 0 saturated heterocycles. The Morgan fingerprint density at radius 2 is 2.00 bits per heavy atom. The average Bonchev–Trinajstić information content (AvgIpc) is 2.07. The van der Waals surface area contributed by atoms with E-state index in [0.29, 0.717) is 5.56 Å². The van der Waals surface area contributed by atoms with Crippen molar-refractivity contribution in [3.63, 3.8) is 0 Å². The van der Waals surface area contributed by atoms with Gasteiger partial charge in [-0.15, -0.1) is 0 Å². The topological polar surface area (TPSA) is 71.1 Å². The number of benzene rings is 1. The summed E-state index contributed by atoms with van der Waals surface area (Å²) in [5, 5.41) is 7.26. The highest BCUT2D eigenvalue weighted by Gasteiger charge is 1.98. The molecule has 0 atom stereocenters. The molecule has 4 nitrogen and oxygen atoms in total. The van der Waals surface area contributed by atoms with Crippen molar-refractivity contribution >= 4 is 5.90 Å². The first-order valence-electron chi connectivity index (χ1n) is 3.11. The van der Waals surface area contributed by atoms with Crippen molar-refractivity contribution < 1.29 is 4.84 Å². The summed E-state index contributed by atoms with van der Waals surface area (Å²) < 4.78 is 0. The lowest BCUT2D eigenvalue weighted by Crippen LogP contribution is -2.26. The smallest absolute Gasteiger partial charge is 0.239 e. The third-order valence-electron chi connectivity index (χ3n) is 1.20. The molecule has 0 bridgehead atoms. The van der Waals surface area contributed by atoms with Gasteiger partial charge in [-0.2, -0.15) is 0 Å². The molecule has 1 rings (SSSR count). The van der Waals surface area contributed by atoms with Gasteiger partial charge in [-0.3, -0.25) is 5.41 Å². The molecule has 0 saturated carbocycles. The minimum Gasteiger partial charge on any atom is -0.374 e. The minimum absolute atomic E-state index is 0.00750. The largest absolute Gasteiger partial charge is 0.374 e. The van der Waals surface area contributed by atoms with Crippen LogP contribution in [0.2, 0.25) is 0 Å². The van der Waals surface area contributed by atoms with Crippen molar-refractivity contribution in [2.24, 2.45) is 5.84 Å². The van der Waals surface area contributed by atoms with Crippen molar-refractivity contribution in [1.29, 1.82) is 5.41 Å². The molecule has 0 fully saturated rings. The van der Waals surface area contributed by atoms with Gasteiger partial charge in [-0.25, -0.2) is 5.84 Å². The summed E-state index contributed by atoms with van der Waals surface area (Å²) in [6, 6.07) is 9.04. The van der Waals surface area contributed by atoms with E-state index in [2.05, 4.69) is 4.84 Å². The Labute approximate surface area is 64.4 Å². The van der Waals surface area contributed by atoms with Gasteiger partial charge < -0.3 is 4.84 Å². The number of nitrogens with one attached hydrogen (secondary N) is 2. The van der Waals surface area contributed by atoms with Crippen LogP contribution in [0.3, 0.4) is 0 Å². The maximum absolute atomic E-state index is 7.26. The first-order chi connectivity index (χ1) is 5.34. The Balaban J connectivity index is 2.69. The van der Waals surface area contributed by atoms with E-state index in [1.54, 1.807) is 12.1 Å². The van der Waals surface area contributed by atoms with E-state index < -0.39 is 0 Å². The van der Waals surface area contributed by atoms with Crippen LogP contribution in [0.5, 0.6) is 0 Å². The molecule has 58 valence electrons. The van der Waals surface area contributed by atoms with E-state index in [1.165, 1.54) is 0 Å². The van der Waals surface area contributed by atoms with Gasteiger partial charge in [0.25, 0.3) is 0 Å². The summed E-state index contributed by atoms with van der Waals surface area (Å²) in [4.78, 5) is 4.54. The number of hydrazine groups is 1. The molecule has 0 amide bonds. The molecular formula is C7H9N3O. The quantitative estimate of drug-likeness (QED) is 0.248. The van der Waals surface area contributed by atoms with Crippen molar-refractivity contribution in [2.75, 3.05) is 0 Å². The average molecular weight is 151 g/mol. The maximum Gasteiger partial charge on any atom is 0.239 e. The van der Waals surface area contributed by atoms with E-state index in [1.807, 2.05) is 23.8 Å². The van der Waals surface area contributed by atoms with Crippen LogP contribution in [-0.4, -0.2) is 5.90 Å². The van der Waals surface area contributed by atoms with Crippen molar-refractivity contribution in [3.05, 3.63) is 35.9 Å². The van der Waals surface area contributed by atoms with Gasteiger partial charge in [0.1, 0.15) is 0 Å². The highest BCUT2D eigenvalue weighted by molar-refractivity contribution is 5.91. The molecule has 0 aliphatic carbocycles. The van der Waals surface area contributed by atoms with Crippen LogP contribution in [0.15, 0.2) is 30.3 Å². The first kappa shape index (κ1) is 7.71. The van der Waals surface area contributed by atoms with Crippen molar-refractivity contribution in [2.45, 2.75) is 0 Å². The second-order valence-electron chi connectivity index (χ2n) is 1.92. The second kappa shape index (κ2) is 3.70. The molecule has 0 unspecified atom stereocenters.